The first-order valence-electron chi connectivity index (χ1n) is 6.99. The Kier molecular flexibility index (Phi) is 5.64. The normalized spacial score (nSPS) is 11.1. The van der Waals surface area contributed by atoms with Crippen LogP contribution in [-0.4, -0.2) is 5.91 Å². The predicted molar refractivity (Wildman–Crippen MR) is 94.7 cm³/mol. The smallest absolute Gasteiger partial charge is 0.248 e. The van der Waals surface area contributed by atoms with Crippen molar-refractivity contribution in [3.05, 3.63) is 69.7 Å². The molecule has 22 heavy (non-hydrogen) atoms. The van der Waals surface area contributed by atoms with E-state index in [2.05, 4.69) is 31.3 Å². The van der Waals surface area contributed by atoms with E-state index in [0.717, 1.165) is 5.56 Å². The van der Waals surface area contributed by atoms with Gasteiger partial charge in [0.25, 0.3) is 0 Å². The van der Waals surface area contributed by atoms with Crippen LogP contribution in [0.4, 0.5) is 5.69 Å². The van der Waals surface area contributed by atoms with Gasteiger partial charge in [-0.1, -0.05) is 61.3 Å². The number of carbonyl (C=O) groups excluding carboxylic acids is 1. The monoisotopic (exact) mass is 333 g/mol. The molecule has 0 spiro atoms. The number of nitrogens with one attached hydrogen (secondary N) is 1. The summed E-state index contributed by atoms with van der Waals surface area (Å²) in [6, 6.07) is 13.0. The molecule has 0 radical (unpaired) electrons. The van der Waals surface area contributed by atoms with Crippen molar-refractivity contribution in [2.75, 3.05) is 5.32 Å². The summed E-state index contributed by atoms with van der Waals surface area (Å²) in [5.74, 6) is 0.264. The van der Waals surface area contributed by atoms with Gasteiger partial charge in [0.05, 0.1) is 0 Å². The Hall–Kier alpha value is -1.77. The van der Waals surface area contributed by atoms with E-state index in [4.69, 9.17) is 23.2 Å². The highest BCUT2D eigenvalue weighted by atomic mass is 35.5. The minimum atomic E-state index is -0.230. The SMILES string of the molecule is CC(C)c1ccc(/C=C/C(=O)Nc2cc(Cl)cc(Cl)c2)cc1. The molecule has 0 heterocycles. The van der Waals surface area contributed by atoms with Crippen LogP contribution in [0, 0.1) is 0 Å². The second kappa shape index (κ2) is 7.48. The molecule has 2 nitrogen and oxygen atoms in total. The molecule has 114 valence electrons. The van der Waals surface area contributed by atoms with Gasteiger partial charge in [-0.05, 0) is 41.3 Å². The van der Waals surface area contributed by atoms with Gasteiger partial charge < -0.3 is 5.32 Å². The van der Waals surface area contributed by atoms with E-state index >= 15 is 0 Å². The van der Waals surface area contributed by atoms with Gasteiger partial charge in [-0.25, -0.2) is 0 Å². The molecule has 0 aromatic heterocycles. The van der Waals surface area contributed by atoms with Crippen molar-refractivity contribution in [2.24, 2.45) is 0 Å². The van der Waals surface area contributed by atoms with Crippen LogP contribution >= 0.6 is 23.2 Å². The number of benzene rings is 2. The first-order valence-corrected chi connectivity index (χ1v) is 7.75. The summed E-state index contributed by atoms with van der Waals surface area (Å²) in [5.41, 5.74) is 2.82. The molecule has 1 N–H and O–H groups in total. The molecule has 0 saturated carbocycles. The Morgan fingerprint density at radius 3 is 2.18 bits per heavy atom. The van der Waals surface area contributed by atoms with Gasteiger partial charge in [-0.3, -0.25) is 4.79 Å². The average molecular weight is 334 g/mol. The zero-order valence-electron chi connectivity index (χ0n) is 12.4. The van der Waals surface area contributed by atoms with Crippen molar-refractivity contribution < 1.29 is 4.79 Å². The largest absolute Gasteiger partial charge is 0.322 e. The standard InChI is InChI=1S/C18H17Cl2NO/c1-12(2)14-6-3-13(4-7-14)5-8-18(22)21-17-10-15(19)9-16(20)11-17/h3-12H,1-2H3,(H,21,22)/b8-5+. The molecule has 4 heteroatoms. The lowest BCUT2D eigenvalue weighted by Gasteiger charge is -2.05. The molecule has 0 aliphatic heterocycles. The Bertz CT molecular complexity index is 670. The molecule has 2 aromatic carbocycles. The van der Waals surface area contributed by atoms with Crippen molar-refractivity contribution in [3.8, 4) is 0 Å². The van der Waals surface area contributed by atoms with Crippen LogP contribution in [0.15, 0.2) is 48.5 Å². The van der Waals surface area contributed by atoms with E-state index in [1.165, 1.54) is 11.6 Å². The summed E-state index contributed by atoms with van der Waals surface area (Å²) in [6.07, 6.45) is 3.25. The maximum absolute atomic E-state index is 11.9. The van der Waals surface area contributed by atoms with E-state index in [9.17, 15) is 4.79 Å². The number of hydrogen-bond acceptors (Lipinski definition) is 1. The Balaban J connectivity index is 2.01. The average Bonchev–Trinajstić information content (AvgIpc) is 2.44. The van der Waals surface area contributed by atoms with Crippen LogP contribution in [-0.2, 0) is 4.79 Å². The van der Waals surface area contributed by atoms with E-state index < -0.39 is 0 Å². The molecule has 0 unspecified atom stereocenters. The molecule has 0 aliphatic rings. The Morgan fingerprint density at radius 2 is 1.64 bits per heavy atom. The van der Waals surface area contributed by atoms with E-state index in [0.29, 0.717) is 21.7 Å². The van der Waals surface area contributed by atoms with Gasteiger partial charge in [0.1, 0.15) is 0 Å². The van der Waals surface area contributed by atoms with Crippen molar-refractivity contribution in [2.45, 2.75) is 19.8 Å². The summed E-state index contributed by atoms with van der Waals surface area (Å²) in [7, 11) is 0. The Labute approximate surface area is 140 Å². The van der Waals surface area contributed by atoms with Crippen molar-refractivity contribution >= 4 is 40.9 Å². The highest BCUT2D eigenvalue weighted by molar-refractivity contribution is 6.35. The fourth-order valence-corrected chi connectivity index (χ4v) is 2.50. The third kappa shape index (κ3) is 4.90. The van der Waals surface area contributed by atoms with Crippen LogP contribution in [0.2, 0.25) is 10.0 Å². The second-order valence-corrected chi connectivity index (χ2v) is 6.17. The molecule has 0 saturated heterocycles. The number of hydrogen-bond donors (Lipinski definition) is 1. The third-order valence-electron chi connectivity index (χ3n) is 3.16. The van der Waals surface area contributed by atoms with Gasteiger partial charge in [-0.2, -0.15) is 0 Å². The van der Waals surface area contributed by atoms with Gasteiger partial charge >= 0.3 is 0 Å². The molecule has 2 rings (SSSR count). The number of carbonyl (C=O) groups is 1. The first kappa shape index (κ1) is 16.6. The zero-order chi connectivity index (χ0) is 16.1. The number of anilines is 1. The zero-order valence-corrected chi connectivity index (χ0v) is 13.9. The lowest BCUT2D eigenvalue weighted by atomic mass is 10.0. The fraction of sp³-hybridized carbons (Fsp3) is 0.167. The summed E-state index contributed by atoms with van der Waals surface area (Å²) in [4.78, 5) is 11.9. The topological polar surface area (TPSA) is 29.1 Å². The summed E-state index contributed by atoms with van der Waals surface area (Å²) < 4.78 is 0. The van der Waals surface area contributed by atoms with Gasteiger partial charge in [0.2, 0.25) is 5.91 Å². The van der Waals surface area contributed by atoms with Crippen LogP contribution in [0.3, 0.4) is 0 Å². The highest BCUT2D eigenvalue weighted by Crippen LogP contribution is 2.22. The minimum absolute atomic E-state index is 0.230. The fourth-order valence-electron chi connectivity index (χ4n) is 1.97. The third-order valence-corrected chi connectivity index (χ3v) is 3.60. The van der Waals surface area contributed by atoms with Crippen LogP contribution < -0.4 is 5.32 Å². The molecule has 0 atom stereocenters. The molecular weight excluding hydrogens is 317 g/mol. The number of rotatable bonds is 4. The summed E-state index contributed by atoms with van der Waals surface area (Å²) in [6.45, 7) is 4.29. The maximum atomic E-state index is 11.9. The molecule has 1 amide bonds. The van der Waals surface area contributed by atoms with Crippen molar-refractivity contribution in [1.29, 1.82) is 0 Å². The second-order valence-electron chi connectivity index (χ2n) is 5.30. The lowest BCUT2D eigenvalue weighted by molar-refractivity contribution is -0.111. The quantitative estimate of drug-likeness (QED) is 0.707. The first-order chi connectivity index (χ1) is 10.4. The van der Waals surface area contributed by atoms with Crippen molar-refractivity contribution in [3.63, 3.8) is 0 Å². The van der Waals surface area contributed by atoms with Crippen LogP contribution in [0.25, 0.3) is 6.08 Å². The lowest BCUT2D eigenvalue weighted by Crippen LogP contribution is -2.07. The highest BCUT2D eigenvalue weighted by Gasteiger charge is 2.02. The van der Waals surface area contributed by atoms with Gasteiger partial charge in [-0.15, -0.1) is 0 Å². The van der Waals surface area contributed by atoms with Gasteiger partial charge in [0.15, 0.2) is 0 Å². The van der Waals surface area contributed by atoms with E-state index in [1.54, 1.807) is 24.3 Å². The van der Waals surface area contributed by atoms with Gasteiger partial charge in [0, 0.05) is 21.8 Å². The maximum Gasteiger partial charge on any atom is 0.248 e. The summed E-state index contributed by atoms with van der Waals surface area (Å²) >= 11 is 11.8. The molecule has 0 aliphatic carbocycles. The van der Waals surface area contributed by atoms with Crippen molar-refractivity contribution in [1.82, 2.24) is 0 Å². The van der Waals surface area contributed by atoms with Crippen LogP contribution in [0.1, 0.15) is 30.9 Å². The number of halogens is 2. The molecular formula is C18H17Cl2NO. The van der Waals surface area contributed by atoms with E-state index in [1.807, 2.05) is 12.1 Å². The molecule has 2 aromatic rings. The van der Waals surface area contributed by atoms with Crippen LogP contribution in [0.5, 0.6) is 0 Å². The summed E-state index contributed by atoms with van der Waals surface area (Å²) in [5, 5.41) is 3.69. The predicted octanol–water partition coefficient (Wildman–Crippen LogP) is 5.77. The van der Waals surface area contributed by atoms with E-state index in [-0.39, 0.29) is 5.91 Å². The Morgan fingerprint density at radius 1 is 1.05 bits per heavy atom. The molecule has 0 bridgehead atoms. The minimum Gasteiger partial charge on any atom is -0.322 e. The number of amides is 1. The molecule has 0 fully saturated rings.